The van der Waals surface area contributed by atoms with Gasteiger partial charge in [0.25, 0.3) is 0 Å². The van der Waals surface area contributed by atoms with Gasteiger partial charge in [-0.15, -0.1) is 0 Å². The Morgan fingerprint density at radius 1 is 1.29 bits per heavy atom. The quantitative estimate of drug-likeness (QED) is 0.214. The number of halogens is 1. The standard InChI is InChI=1S/ClH.K.NO3.H3N/c;;2-1(3)4;/h1H;;;1H3/q;+1;-1;. The molecule has 0 atom stereocenters. The van der Waals surface area contributed by atoms with Crippen molar-refractivity contribution in [2.75, 3.05) is 0 Å². The number of rotatable bonds is 0. The molecule has 40 valence electrons. The molecule has 0 aliphatic heterocycles. The normalized spacial score (nSPS) is 3.43. The van der Waals surface area contributed by atoms with Crippen molar-refractivity contribution >= 4 is 0 Å². The Bertz CT molecular complexity index is 35.9. The van der Waals surface area contributed by atoms with E-state index in [0.717, 1.165) is 0 Å². The fourth-order valence-corrected chi connectivity index (χ4v) is 0. The van der Waals surface area contributed by atoms with Crippen LogP contribution < -0.4 is 69.9 Å². The Hall–Kier alpha value is 1.09. The van der Waals surface area contributed by atoms with Gasteiger partial charge in [-0.2, -0.15) is 0 Å². The predicted octanol–water partition coefficient (Wildman–Crippen LogP) is -5.85. The molecule has 0 amide bonds. The molecule has 0 heterocycles. The van der Waals surface area contributed by atoms with Gasteiger partial charge in [-0.25, -0.2) is 0 Å². The maximum Gasteiger partial charge on any atom is 1.00 e. The van der Waals surface area contributed by atoms with Crippen molar-refractivity contribution in [2.45, 2.75) is 0 Å². The second-order valence-electron chi connectivity index (χ2n) is 0.224. The van der Waals surface area contributed by atoms with Crippen LogP contribution in [-0.2, 0) is 0 Å². The van der Waals surface area contributed by atoms with Crippen LogP contribution in [0.25, 0.3) is 0 Å². The topological polar surface area (TPSA) is 103 Å². The summed E-state index contributed by atoms with van der Waals surface area (Å²) in [6, 6.07) is 0. The summed E-state index contributed by atoms with van der Waals surface area (Å²) in [6.45, 7) is 0. The van der Waals surface area contributed by atoms with Gasteiger partial charge < -0.3 is 33.9 Å². The summed E-state index contributed by atoms with van der Waals surface area (Å²) in [5.74, 6) is 0. The Kier molecular flexibility index (Phi) is 54.6. The molecule has 0 unspecified atom stereocenters. The Labute approximate surface area is 89.0 Å². The van der Waals surface area contributed by atoms with Gasteiger partial charge in [0.2, 0.25) is 0 Å². The van der Waals surface area contributed by atoms with E-state index in [-0.39, 0.29) is 69.9 Å². The van der Waals surface area contributed by atoms with E-state index in [1.807, 2.05) is 0 Å². The van der Waals surface area contributed by atoms with Gasteiger partial charge in [0.1, 0.15) is 0 Å². The van der Waals surface area contributed by atoms with Crippen LogP contribution in [0.2, 0.25) is 0 Å². The zero-order chi connectivity index (χ0) is 3.58. The molecule has 0 radical (unpaired) electrons. The van der Waals surface area contributed by atoms with Crippen molar-refractivity contribution in [3.8, 4) is 0 Å². The van der Waals surface area contributed by atoms with Crippen molar-refractivity contribution in [3.63, 3.8) is 0 Å². The summed E-state index contributed by atoms with van der Waals surface area (Å²) in [5, 5.41) is 14.8. The van der Waals surface area contributed by atoms with Crippen LogP contribution in [0.1, 0.15) is 0 Å². The van der Waals surface area contributed by atoms with E-state index in [4.69, 9.17) is 15.3 Å². The van der Waals surface area contributed by atoms with E-state index in [1.165, 1.54) is 0 Å². The van der Waals surface area contributed by atoms with E-state index >= 15 is 0 Å². The van der Waals surface area contributed by atoms with Gasteiger partial charge in [-0.05, 0) is 0 Å². The molecule has 7 heavy (non-hydrogen) atoms. The smallest absolute Gasteiger partial charge is 1.00 e. The van der Waals surface area contributed by atoms with Crippen molar-refractivity contribution < 1.29 is 68.9 Å². The summed E-state index contributed by atoms with van der Waals surface area (Å²) < 4.78 is 0. The maximum absolute atomic E-state index is 8.25. The molecule has 0 rings (SSSR count). The summed E-state index contributed by atoms with van der Waals surface area (Å²) in [5.41, 5.74) is 0. The van der Waals surface area contributed by atoms with Crippen LogP contribution in [0, 0.1) is 15.3 Å². The van der Waals surface area contributed by atoms with Crippen LogP contribution in [0.4, 0.5) is 0 Å². The first kappa shape index (κ1) is 24.3. The third-order valence-corrected chi connectivity index (χ3v) is 0. The Morgan fingerprint density at radius 2 is 1.29 bits per heavy atom. The van der Waals surface area contributed by atoms with Crippen molar-refractivity contribution in [1.82, 2.24) is 6.15 Å². The Morgan fingerprint density at radius 3 is 1.29 bits per heavy atom. The van der Waals surface area contributed by atoms with Crippen LogP contribution in [0.3, 0.4) is 0 Å². The van der Waals surface area contributed by atoms with E-state index in [0.29, 0.717) is 0 Å². The van der Waals surface area contributed by atoms with Crippen molar-refractivity contribution in [2.24, 2.45) is 0 Å². The molecular formula is H4ClKN2O3. The first-order chi connectivity index (χ1) is 1.73. The first-order valence-corrected chi connectivity index (χ1v) is 0.548. The molecule has 4 N–H and O–H groups in total. The molecule has 0 saturated heterocycles. The third kappa shape index (κ3) is 155. The van der Waals surface area contributed by atoms with Gasteiger partial charge in [-0.3, -0.25) is 0 Å². The monoisotopic (exact) mass is 154 g/mol. The van der Waals surface area contributed by atoms with Crippen LogP contribution in [0.5, 0.6) is 0 Å². The number of nitrogens with zero attached hydrogens (tertiary/aromatic N) is 1. The maximum atomic E-state index is 8.25. The fraction of sp³-hybridized carbons (Fsp3) is 0. The molecule has 0 saturated carbocycles. The van der Waals surface area contributed by atoms with E-state index in [2.05, 4.69) is 0 Å². The fourth-order valence-electron chi connectivity index (χ4n) is 0. The van der Waals surface area contributed by atoms with Gasteiger partial charge in [0.05, 0.1) is 5.09 Å². The third-order valence-electron chi connectivity index (χ3n) is 0. The van der Waals surface area contributed by atoms with Gasteiger partial charge >= 0.3 is 51.4 Å². The molecule has 7 heteroatoms. The molecule has 0 aromatic heterocycles. The molecule has 0 aliphatic rings. The minimum absolute atomic E-state index is 0. The molecular weight excluding hydrogens is 151 g/mol. The Balaban J connectivity index is -0.0000000150. The zero-order valence-electron chi connectivity index (χ0n) is 4.05. The number of hydrogen-bond donors (Lipinski definition) is 1. The van der Waals surface area contributed by atoms with Crippen molar-refractivity contribution in [1.29, 1.82) is 0 Å². The zero-order valence-corrected chi connectivity index (χ0v) is 7.93. The second kappa shape index (κ2) is 15.7. The molecule has 0 spiro atoms. The minimum atomic E-state index is -1.75. The summed E-state index contributed by atoms with van der Waals surface area (Å²) >= 11 is 0. The predicted molar refractivity (Wildman–Crippen MR) is 16.3 cm³/mol. The molecule has 0 fully saturated rings. The van der Waals surface area contributed by atoms with Crippen LogP contribution in [-0.4, -0.2) is 5.09 Å². The van der Waals surface area contributed by atoms with E-state index in [1.54, 1.807) is 0 Å². The van der Waals surface area contributed by atoms with Gasteiger partial charge in [-0.1, -0.05) is 0 Å². The van der Waals surface area contributed by atoms with Gasteiger partial charge in [0, 0.05) is 0 Å². The molecule has 0 aliphatic carbocycles. The van der Waals surface area contributed by atoms with E-state index in [9.17, 15) is 0 Å². The summed E-state index contributed by atoms with van der Waals surface area (Å²) in [7, 11) is 0. The first-order valence-electron chi connectivity index (χ1n) is 0.548. The molecule has 0 bridgehead atoms. The van der Waals surface area contributed by atoms with Gasteiger partial charge in [0.15, 0.2) is 0 Å². The molecule has 0 aromatic rings. The number of quaternary nitrogens is 1. The SMILES string of the molecule is O=[N+]([O-])[O-].[Cl-].[K+].[NH4+]. The van der Waals surface area contributed by atoms with Crippen LogP contribution >= 0.6 is 0 Å². The minimum Gasteiger partial charge on any atom is -1.00 e. The number of hydrogen-bond acceptors (Lipinski definition) is 3. The van der Waals surface area contributed by atoms with Crippen LogP contribution in [0.15, 0.2) is 0 Å². The largest absolute Gasteiger partial charge is 1.00 e. The second-order valence-corrected chi connectivity index (χ2v) is 0.224. The molecule has 0 aromatic carbocycles. The summed E-state index contributed by atoms with van der Waals surface area (Å²) in [6.07, 6.45) is 0. The van der Waals surface area contributed by atoms with Crippen molar-refractivity contribution in [3.05, 3.63) is 15.3 Å². The van der Waals surface area contributed by atoms with E-state index < -0.39 is 5.09 Å². The summed E-state index contributed by atoms with van der Waals surface area (Å²) in [4.78, 5) is 8.25. The average Bonchev–Trinajstić information content (AvgIpc) is 0.811. The molecule has 5 nitrogen and oxygen atoms in total. The average molecular weight is 155 g/mol.